The van der Waals surface area contributed by atoms with Crippen molar-refractivity contribution in [3.05, 3.63) is 0 Å². The van der Waals surface area contributed by atoms with Crippen molar-refractivity contribution in [1.29, 1.82) is 0 Å². The second kappa shape index (κ2) is 9.17. The Bertz CT molecular complexity index is 336. The molecule has 0 fully saturated rings. The van der Waals surface area contributed by atoms with Crippen LogP contribution in [-0.4, -0.2) is 41.8 Å². The van der Waals surface area contributed by atoms with E-state index >= 15 is 0 Å². The molecular weight excluding hydrogens is 264 g/mol. The van der Waals surface area contributed by atoms with Gasteiger partial charge in [0.2, 0.25) is 0 Å². The summed E-state index contributed by atoms with van der Waals surface area (Å²) < 4.78 is 5.08. The van der Waals surface area contributed by atoms with E-state index in [1.807, 2.05) is 0 Å². The fourth-order valence-corrected chi connectivity index (χ4v) is 1.39. The monoisotopic (exact) mass is 288 g/mol. The maximum atomic E-state index is 11.3. The number of rotatable bonds is 7. The van der Waals surface area contributed by atoms with Crippen molar-refractivity contribution in [1.82, 2.24) is 10.6 Å². The predicted molar refractivity (Wildman–Crippen MR) is 73.4 cm³/mol. The Hall–Kier alpha value is -1.79. The number of amides is 2. The Labute approximate surface area is 119 Å². The van der Waals surface area contributed by atoms with Crippen molar-refractivity contribution in [3.63, 3.8) is 0 Å². The molecule has 0 saturated carbocycles. The first-order valence-electron chi connectivity index (χ1n) is 6.70. The van der Waals surface area contributed by atoms with E-state index < -0.39 is 23.6 Å². The first-order chi connectivity index (χ1) is 9.22. The van der Waals surface area contributed by atoms with Crippen LogP contribution in [0.1, 0.15) is 46.5 Å². The van der Waals surface area contributed by atoms with E-state index in [0.717, 1.165) is 19.3 Å². The maximum absolute atomic E-state index is 11.3. The Morgan fingerprint density at radius 3 is 1.90 bits per heavy atom. The lowest BCUT2D eigenvalue weighted by Crippen LogP contribution is -2.33. The van der Waals surface area contributed by atoms with E-state index in [1.165, 1.54) is 0 Å². The van der Waals surface area contributed by atoms with Gasteiger partial charge in [-0.25, -0.2) is 9.59 Å². The van der Waals surface area contributed by atoms with Gasteiger partial charge in [0.05, 0.1) is 0 Å². The standard InChI is InChI=1S/C13H24N2O5/c1-13(2,3)20-12(19)15-9-7-5-4-6-8-14-10(16)11(17)18/h4-9H2,1-3H3,(H,14,16)(H,15,19)(H,17,18). The quantitative estimate of drug-likeness (QED) is 0.483. The molecule has 0 aliphatic carbocycles. The lowest BCUT2D eigenvalue weighted by Gasteiger charge is -2.19. The van der Waals surface area contributed by atoms with Gasteiger partial charge < -0.3 is 20.5 Å². The fourth-order valence-electron chi connectivity index (χ4n) is 1.39. The highest BCUT2D eigenvalue weighted by molar-refractivity contribution is 6.31. The van der Waals surface area contributed by atoms with Gasteiger partial charge in [-0.05, 0) is 33.6 Å². The minimum Gasteiger partial charge on any atom is -0.474 e. The van der Waals surface area contributed by atoms with Crippen molar-refractivity contribution in [3.8, 4) is 0 Å². The van der Waals surface area contributed by atoms with E-state index in [9.17, 15) is 14.4 Å². The van der Waals surface area contributed by atoms with E-state index in [2.05, 4.69) is 10.6 Å². The lowest BCUT2D eigenvalue weighted by atomic mass is 10.2. The first-order valence-corrected chi connectivity index (χ1v) is 6.70. The third kappa shape index (κ3) is 11.3. The smallest absolute Gasteiger partial charge is 0.407 e. The van der Waals surface area contributed by atoms with Gasteiger partial charge in [0, 0.05) is 13.1 Å². The summed E-state index contributed by atoms with van der Waals surface area (Å²) in [6.07, 6.45) is 2.85. The first kappa shape index (κ1) is 18.2. The number of aliphatic carboxylic acids is 1. The molecule has 3 N–H and O–H groups in total. The van der Waals surface area contributed by atoms with Crippen LogP contribution in [0.3, 0.4) is 0 Å². The summed E-state index contributed by atoms with van der Waals surface area (Å²) in [6, 6.07) is 0. The van der Waals surface area contributed by atoms with Gasteiger partial charge in [0.25, 0.3) is 0 Å². The molecule has 7 nitrogen and oxygen atoms in total. The van der Waals surface area contributed by atoms with Crippen LogP contribution < -0.4 is 10.6 Å². The number of hydrogen-bond donors (Lipinski definition) is 3. The summed E-state index contributed by atoms with van der Waals surface area (Å²) in [6.45, 7) is 6.30. The minimum atomic E-state index is -1.47. The number of hydrogen-bond acceptors (Lipinski definition) is 4. The topological polar surface area (TPSA) is 105 Å². The second-order valence-electron chi connectivity index (χ2n) is 5.40. The molecule has 0 aliphatic rings. The Kier molecular flexibility index (Phi) is 8.35. The summed E-state index contributed by atoms with van der Waals surface area (Å²) in [5, 5.41) is 13.3. The van der Waals surface area contributed by atoms with Crippen LogP contribution in [0.5, 0.6) is 0 Å². The van der Waals surface area contributed by atoms with Crippen molar-refractivity contribution < 1.29 is 24.2 Å². The molecule has 0 atom stereocenters. The highest BCUT2D eigenvalue weighted by atomic mass is 16.6. The van der Waals surface area contributed by atoms with Crippen LogP contribution in [-0.2, 0) is 14.3 Å². The van der Waals surface area contributed by atoms with Crippen LogP contribution in [0.25, 0.3) is 0 Å². The number of carboxylic acid groups (broad SMARTS) is 1. The number of carboxylic acids is 1. The number of ether oxygens (including phenoxy) is 1. The van der Waals surface area contributed by atoms with Crippen molar-refractivity contribution in [2.45, 2.75) is 52.1 Å². The molecular formula is C13H24N2O5. The van der Waals surface area contributed by atoms with E-state index in [-0.39, 0.29) is 0 Å². The van der Waals surface area contributed by atoms with Crippen LogP contribution in [0.2, 0.25) is 0 Å². The zero-order valence-electron chi connectivity index (χ0n) is 12.3. The molecule has 0 spiro atoms. The summed E-state index contributed by atoms with van der Waals surface area (Å²) in [7, 11) is 0. The van der Waals surface area contributed by atoms with E-state index in [1.54, 1.807) is 20.8 Å². The van der Waals surface area contributed by atoms with Crippen LogP contribution in [0.15, 0.2) is 0 Å². The van der Waals surface area contributed by atoms with Gasteiger partial charge in [0.15, 0.2) is 0 Å². The third-order valence-electron chi connectivity index (χ3n) is 2.25. The molecule has 0 heterocycles. The van der Waals surface area contributed by atoms with Crippen molar-refractivity contribution in [2.75, 3.05) is 13.1 Å². The maximum Gasteiger partial charge on any atom is 0.407 e. The Balaban J connectivity index is 3.39. The minimum absolute atomic E-state index is 0.352. The Morgan fingerprint density at radius 2 is 1.45 bits per heavy atom. The third-order valence-corrected chi connectivity index (χ3v) is 2.25. The number of nitrogens with one attached hydrogen (secondary N) is 2. The molecule has 0 aliphatic heterocycles. The summed E-state index contributed by atoms with van der Waals surface area (Å²) in [4.78, 5) is 32.2. The van der Waals surface area contributed by atoms with Crippen molar-refractivity contribution >= 4 is 18.0 Å². The molecule has 0 saturated heterocycles. The second-order valence-corrected chi connectivity index (χ2v) is 5.40. The van der Waals surface area contributed by atoms with E-state index in [4.69, 9.17) is 9.84 Å². The molecule has 20 heavy (non-hydrogen) atoms. The van der Waals surface area contributed by atoms with Crippen molar-refractivity contribution in [2.24, 2.45) is 0 Å². The van der Waals surface area contributed by atoms with E-state index in [0.29, 0.717) is 19.5 Å². The average molecular weight is 288 g/mol. The fraction of sp³-hybridized carbons (Fsp3) is 0.769. The van der Waals surface area contributed by atoms with Crippen LogP contribution in [0.4, 0.5) is 4.79 Å². The predicted octanol–water partition coefficient (Wildman–Crippen LogP) is 1.27. The molecule has 2 amide bonds. The molecule has 0 aromatic carbocycles. The number of unbranched alkanes of at least 4 members (excludes halogenated alkanes) is 3. The molecule has 0 aromatic rings. The summed E-state index contributed by atoms with van der Waals surface area (Å²) >= 11 is 0. The normalized spacial score (nSPS) is 10.8. The molecule has 0 bridgehead atoms. The molecule has 0 aromatic heterocycles. The van der Waals surface area contributed by atoms with Gasteiger partial charge >= 0.3 is 18.0 Å². The van der Waals surface area contributed by atoms with Gasteiger partial charge in [-0.2, -0.15) is 0 Å². The Morgan fingerprint density at radius 1 is 0.950 bits per heavy atom. The zero-order chi connectivity index (χ0) is 15.6. The lowest BCUT2D eigenvalue weighted by molar-refractivity contribution is -0.150. The molecule has 7 heteroatoms. The molecule has 0 radical (unpaired) electrons. The number of carbonyl (C=O) groups is 3. The van der Waals surface area contributed by atoms with Gasteiger partial charge in [-0.15, -0.1) is 0 Å². The molecule has 116 valence electrons. The number of alkyl carbamates (subject to hydrolysis) is 1. The van der Waals surface area contributed by atoms with Gasteiger partial charge in [-0.1, -0.05) is 12.8 Å². The average Bonchev–Trinajstić information content (AvgIpc) is 2.29. The van der Waals surface area contributed by atoms with Gasteiger partial charge in [-0.3, -0.25) is 4.79 Å². The van der Waals surface area contributed by atoms with Gasteiger partial charge in [0.1, 0.15) is 5.60 Å². The SMILES string of the molecule is CC(C)(C)OC(=O)NCCCCCCNC(=O)C(=O)O. The summed E-state index contributed by atoms with van der Waals surface area (Å²) in [5.74, 6) is -2.44. The highest BCUT2D eigenvalue weighted by Crippen LogP contribution is 2.06. The van der Waals surface area contributed by atoms with Crippen LogP contribution in [0, 0.1) is 0 Å². The van der Waals surface area contributed by atoms with Crippen LogP contribution >= 0.6 is 0 Å². The summed E-state index contributed by atoms with van der Waals surface area (Å²) in [5.41, 5.74) is -0.494. The molecule has 0 rings (SSSR count). The number of carbonyl (C=O) groups excluding carboxylic acids is 2. The molecule has 0 unspecified atom stereocenters. The zero-order valence-corrected chi connectivity index (χ0v) is 12.3. The largest absolute Gasteiger partial charge is 0.474 e. The highest BCUT2D eigenvalue weighted by Gasteiger charge is 2.15.